The molecule has 0 saturated carbocycles. The number of hydrogen-bond acceptors (Lipinski definition) is 5. The van der Waals surface area contributed by atoms with Crippen LogP contribution >= 0.6 is 0 Å². The standard InChI is InChI=1S/C13H12F2N4O2/c1-6-7(2)17-18-13(11(6)12(16)19-20)21-10-5-8(14)3-4-9(10)15/h3-5,20H,1-2H3,(H2,16,19). The molecule has 2 aromatic rings. The molecule has 0 atom stereocenters. The van der Waals surface area contributed by atoms with Crippen LogP contribution in [0, 0.1) is 25.5 Å². The number of hydrogen-bond donors (Lipinski definition) is 2. The van der Waals surface area contributed by atoms with Crippen molar-refractivity contribution in [1.29, 1.82) is 0 Å². The highest BCUT2D eigenvalue weighted by molar-refractivity contribution is 6.00. The molecule has 2 rings (SSSR count). The highest BCUT2D eigenvalue weighted by Gasteiger charge is 2.18. The first-order valence-electron chi connectivity index (χ1n) is 5.88. The van der Waals surface area contributed by atoms with Crippen molar-refractivity contribution >= 4 is 5.84 Å². The van der Waals surface area contributed by atoms with Gasteiger partial charge in [0.15, 0.2) is 17.4 Å². The molecule has 110 valence electrons. The van der Waals surface area contributed by atoms with Gasteiger partial charge in [-0.2, -0.15) is 5.10 Å². The first-order chi connectivity index (χ1) is 9.93. The number of aromatic nitrogens is 2. The van der Waals surface area contributed by atoms with E-state index in [2.05, 4.69) is 15.4 Å². The van der Waals surface area contributed by atoms with Crippen molar-refractivity contribution in [2.45, 2.75) is 13.8 Å². The summed E-state index contributed by atoms with van der Waals surface area (Å²) in [5.74, 6) is -2.27. The van der Waals surface area contributed by atoms with Gasteiger partial charge in [-0.25, -0.2) is 8.78 Å². The van der Waals surface area contributed by atoms with E-state index in [9.17, 15) is 8.78 Å². The summed E-state index contributed by atoms with van der Waals surface area (Å²) in [5, 5.41) is 19.3. The van der Waals surface area contributed by atoms with Crippen LogP contribution in [-0.2, 0) is 0 Å². The Labute approximate surface area is 118 Å². The van der Waals surface area contributed by atoms with E-state index in [-0.39, 0.29) is 23.0 Å². The second-order valence-electron chi connectivity index (χ2n) is 4.25. The molecule has 1 aromatic heterocycles. The molecule has 1 aromatic carbocycles. The predicted octanol–water partition coefficient (Wildman–Crippen LogP) is 2.26. The zero-order chi connectivity index (χ0) is 15.6. The molecular formula is C13H12F2N4O2. The van der Waals surface area contributed by atoms with Gasteiger partial charge >= 0.3 is 0 Å². The summed E-state index contributed by atoms with van der Waals surface area (Å²) >= 11 is 0. The average molecular weight is 294 g/mol. The Kier molecular flexibility index (Phi) is 3.97. The van der Waals surface area contributed by atoms with Gasteiger partial charge in [0.05, 0.1) is 11.3 Å². The highest BCUT2D eigenvalue weighted by atomic mass is 19.1. The maximum Gasteiger partial charge on any atom is 0.250 e. The Morgan fingerprint density at radius 3 is 2.67 bits per heavy atom. The molecule has 3 N–H and O–H groups in total. The first-order valence-corrected chi connectivity index (χ1v) is 5.88. The van der Waals surface area contributed by atoms with Crippen molar-refractivity contribution in [2.24, 2.45) is 10.9 Å². The molecule has 0 fully saturated rings. The summed E-state index contributed by atoms with van der Waals surface area (Å²) in [6, 6.07) is 2.74. The lowest BCUT2D eigenvalue weighted by molar-refractivity contribution is 0.318. The van der Waals surface area contributed by atoms with E-state index in [4.69, 9.17) is 15.7 Å². The van der Waals surface area contributed by atoms with Crippen LogP contribution in [0.25, 0.3) is 0 Å². The molecule has 0 aliphatic carbocycles. The van der Waals surface area contributed by atoms with Crippen LogP contribution in [0.5, 0.6) is 11.6 Å². The maximum absolute atomic E-state index is 13.6. The minimum atomic E-state index is -0.776. The summed E-state index contributed by atoms with van der Waals surface area (Å²) in [7, 11) is 0. The third kappa shape index (κ3) is 2.88. The first kappa shape index (κ1) is 14.6. The monoisotopic (exact) mass is 294 g/mol. The SMILES string of the molecule is Cc1nnc(Oc2cc(F)ccc2F)c(C(N)=NO)c1C. The zero-order valence-electron chi connectivity index (χ0n) is 11.3. The lowest BCUT2D eigenvalue weighted by Gasteiger charge is -2.12. The Morgan fingerprint density at radius 1 is 1.29 bits per heavy atom. The van der Waals surface area contributed by atoms with Gasteiger partial charge in [0, 0.05) is 6.07 Å². The molecule has 1 heterocycles. The van der Waals surface area contributed by atoms with E-state index in [1.54, 1.807) is 13.8 Å². The number of halogens is 2. The van der Waals surface area contributed by atoms with Gasteiger partial charge in [0.2, 0.25) is 5.88 Å². The van der Waals surface area contributed by atoms with Crippen molar-refractivity contribution in [2.75, 3.05) is 0 Å². The van der Waals surface area contributed by atoms with E-state index in [0.717, 1.165) is 18.2 Å². The number of oxime groups is 1. The molecule has 21 heavy (non-hydrogen) atoms. The molecule has 0 aliphatic heterocycles. The molecule has 0 spiro atoms. The lowest BCUT2D eigenvalue weighted by atomic mass is 10.1. The fourth-order valence-electron chi connectivity index (χ4n) is 1.67. The van der Waals surface area contributed by atoms with Crippen LogP contribution < -0.4 is 10.5 Å². The van der Waals surface area contributed by atoms with E-state index >= 15 is 0 Å². The molecule has 0 unspecified atom stereocenters. The number of nitrogens with zero attached hydrogens (tertiary/aromatic N) is 3. The predicted molar refractivity (Wildman–Crippen MR) is 70.4 cm³/mol. The minimum Gasteiger partial charge on any atom is -0.434 e. The fourth-order valence-corrected chi connectivity index (χ4v) is 1.67. The van der Waals surface area contributed by atoms with E-state index in [1.165, 1.54) is 0 Å². The average Bonchev–Trinajstić information content (AvgIpc) is 2.46. The third-order valence-corrected chi connectivity index (χ3v) is 2.89. The summed E-state index contributed by atoms with van der Waals surface area (Å²) in [6.45, 7) is 3.33. The third-order valence-electron chi connectivity index (χ3n) is 2.89. The number of amidine groups is 1. The van der Waals surface area contributed by atoms with Crippen LogP contribution in [0.15, 0.2) is 23.4 Å². The molecule has 0 amide bonds. The lowest BCUT2D eigenvalue weighted by Crippen LogP contribution is -2.18. The van der Waals surface area contributed by atoms with Crippen LogP contribution in [0.2, 0.25) is 0 Å². The highest BCUT2D eigenvalue weighted by Crippen LogP contribution is 2.28. The van der Waals surface area contributed by atoms with Gasteiger partial charge in [0.25, 0.3) is 0 Å². The number of nitrogens with two attached hydrogens (primary N) is 1. The van der Waals surface area contributed by atoms with Crippen LogP contribution in [0.1, 0.15) is 16.8 Å². The molecule has 0 radical (unpaired) electrons. The smallest absolute Gasteiger partial charge is 0.250 e. The van der Waals surface area contributed by atoms with Crippen LogP contribution in [-0.4, -0.2) is 21.2 Å². The Hall–Kier alpha value is -2.77. The largest absolute Gasteiger partial charge is 0.434 e. The van der Waals surface area contributed by atoms with Gasteiger partial charge in [0.1, 0.15) is 5.82 Å². The second-order valence-corrected chi connectivity index (χ2v) is 4.25. The second kappa shape index (κ2) is 5.70. The van der Waals surface area contributed by atoms with Crippen molar-refractivity contribution in [3.8, 4) is 11.6 Å². The van der Waals surface area contributed by atoms with Crippen molar-refractivity contribution in [3.05, 3.63) is 46.7 Å². The van der Waals surface area contributed by atoms with Gasteiger partial charge in [-0.1, -0.05) is 5.16 Å². The number of benzene rings is 1. The van der Waals surface area contributed by atoms with Gasteiger partial charge in [-0.3, -0.25) is 0 Å². The zero-order valence-corrected chi connectivity index (χ0v) is 11.3. The van der Waals surface area contributed by atoms with Gasteiger partial charge in [-0.05, 0) is 31.5 Å². The molecular weight excluding hydrogens is 282 g/mol. The number of ether oxygens (including phenoxy) is 1. The van der Waals surface area contributed by atoms with E-state index in [0.29, 0.717) is 11.3 Å². The topological polar surface area (TPSA) is 93.6 Å². The number of rotatable bonds is 3. The molecule has 8 heteroatoms. The minimum absolute atomic E-state index is 0.161. The summed E-state index contributed by atoms with van der Waals surface area (Å²) in [4.78, 5) is 0. The van der Waals surface area contributed by atoms with Crippen molar-refractivity contribution in [3.63, 3.8) is 0 Å². The molecule has 0 bridgehead atoms. The fraction of sp³-hybridized carbons (Fsp3) is 0.154. The Morgan fingerprint density at radius 2 is 2.00 bits per heavy atom. The van der Waals surface area contributed by atoms with Gasteiger partial charge in [-0.15, -0.1) is 5.10 Å². The Bertz CT molecular complexity index is 720. The molecule has 0 saturated heterocycles. The molecule has 0 aliphatic rings. The summed E-state index contributed by atoms with van der Waals surface area (Å²) in [5.41, 5.74) is 6.81. The molecule has 6 nitrogen and oxygen atoms in total. The van der Waals surface area contributed by atoms with E-state index < -0.39 is 11.6 Å². The normalized spacial score (nSPS) is 11.5. The van der Waals surface area contributed by atoms with Crippen molar-refractivity contribution in [1.82, 2.24) is 10.2 Å². The maximum atomic E-state index is 13.6. The van der Waals surface area contributed by atoms with Crippen LogP contribution in [0.4, 0.5) is 8.78 Å². The van der Waals surface area contributed by atoms with Crippen LogP contribution in [0.3, 0.4) is 0 Å². The number of aryl methyl sites for hydroxylation is 1. The van der Waals surface area contributed by atoms with Gasteiger partial charge < -0.3 is 15.7 Å². The summed E-state index contributed by atoms with van der Waals surface area (Å²) < 4.78 is 32.0. The van der Waals surface area contributed by atoms with Crippen molar-refractivity contribution < 1.29 is 18.7 Å². The summed E-state index contributed by atoms with van der Waals surface area (Å²) in [6.07, 6.45) is 0. The quantitative estimate of drug-likeness (QED) is 0.392. The van der Waals surface area contributed by atoms with E-state index in [1.807, 2.05) is 0 Å². The Balaban J connectivity index is 2.54.